The molecule has 2 aromatic rings. The summed E-state index contributed by atoms with van der Waals surface area (Å²) in [7, 11) is 0. The fourth-order valence-corrected chi connectivity index (χ4v) is 3.36. The minimum Gasteiger partial charge on any atom is -0.396 e. The van der Waals surface area contributed by atoms with Crippen molar-refractivity contribution in [2.24, 2.45) is 11.8 Å². The molecule has 0 saturated heterocycles. The highest BCUT2D eigenvalue weighted by molar-refractivity contribution is 5.84. The molecule has 1 aromatic heterocycles. The minimum atomic E-state index is 0.340. The molecule has 2 unspecified atom stereocenters. The quantitative estimate of drug-likeness (QED) is 0.878. The molecule has 0 bridgehead atoms. The molecule has 0 amide bonds. The molecular weight excluding hydrogens is 248 g/mol. The van der Waals surface area contributed by atoms with Gasteiger partial charge in [-0.1, -0.05) is 24.6 Å². The number of nitrogens with one attached hydrogen (secondary N) is 1. The summed E-state index contributed by atoms with van der Waals surface area (Å²) in [5.41, 5.74) is 1.32. The van der Waals surface area contributed by atoms with E-state index in [0.717, 1.165) is 13.1 Å². The topological polar surface area (TPSA) is 45.1 Å². The Hall–Kier alpha value is -1.45. The Kier molecular flexibility index (Phi) is 4.28. The van der Waals surface area contributed by atoms with Gasteiger partial charge in [-0.15, -0.1) is 0 Å². The van der Waals surface area contributed by atoms with E-state index in [-0.39, 0.29) is 0 Å². The monoisotopic (exact) mass is 270 g/mol. The van der Waals surface area contributed by atoms with Crippen molar-refractivity contribution in [3.63, 3.8) is 0 Å². The lowest BCUT2D eigenvalue weighted by molar-refractivity contribution is 0.192. The lowest BCUT2D eigenvalue weighted by atomic mass is 9.97. The van der Waals surface area contributed by atoms with E-state index >= 15 is 0 Å². The van der Waals surface area contributed by atoms with E-state index in [1.54, 1.807) is 0 Å². The van der Waals surface area contributed by atoms with E-state index in [1.165, 1.54) is 35.6 Å². The van der Waals surface area contributed by atoms with E-state index in [4.69, 9.17) is 0 Å². The molecule has 3 nitrogen and oxygen atoms in total. The largest absolute Gasteiger partial charge is 0.396 e. The van der Waals surface area contributed by atoms with Crippen molar-refractivity contribution in [2.45, 2.75) is 25.8 Å². The van der Waals surface area contributed by atoms with Crippen molar-refractivity contribution in [3.05, 3.63) is 42.2 Å². The second kappa shape index (κ2) is 6.33. The van der Waals surface area contributed by atoms with Gasteiger partial charge in [0.25, 0.3) is 0 Å². The number of pyridine rings is 1. The van der Waals surface area contributed by atoms with Crippen LogP contribution in [0.1, 0.15) is 24.8 Å². The van der Waals surface area contributed by atoms with E-state index in [2.05, 4.69) is 34.6 Å². The van der Waals surface area contributed by atoms with Gasteiger partial charge in [0.2, 0.25) is 0 Å². The zero-order chi connectivity index (χ0) is 13.8. The Balaban J connectivity index is 1.63. The van der Waals surface area contributed by atoms with Crippen LogP contribution in [-0.4, -0.2) is 23.2 Å². The number of rotatable bonds is 5. The Morgan fingerprint density at radius 2 is 2.10 bits per heavy atom. The number of nitrogens with zero attached hydrogens (tertiary/aromatic N) is 1. The van der Waals surface area contributed by atoms with Crippen LogP contribution >= 0.6 is 0 Å². The standard InChI is InChI=1S/C17H22N2O/c20-12-16-6-1-3-13(16)9-19-11-15-5-2-4-14-10-18-8-7-17(14)15/h2,4-5,7-8,10,13,16,19-20H,1,3,6,9,11-12H2. The number of aromatic nitrogens is 1. The van der Waals surface area contributed by atoms with Crippen LogP contribution in [0.4, 0.5) is 0 Å². The molecule has 0 aliphatic heterocycles. The highest BCUT2D eigenvalue weighted by Crippen LogP contribution is 2.30. The summed E-state index contributed by atoms with van der Waals surface area (Å²) in [6.45, 7) is 2.23. The van der Waals surface area contributed by atoms with Crippen molar-refractivity contribution in [3.8, 4) is 0 Å². The molecule has 1 aliphatic rings. The van der Waals surface area contributed by atoms with Gasteiger partial charge in [0, 0.05) is 30.9 Å². The van der Waals surface area contributed by atoms with Crippen molar-refractivity contribution in [1.29, 1.82) is 0 Å². The van der Waals surface area contributed by atoms with Gasteiger partial charge >= 0.3 is 0 Å². The number of hydrogen-bond acceptors (Lipinski definition) is 3. The first-order valence-corrected chi connectivity index (χ1v) is 7.51. The summed E-state index contributed by atoms with van der Waals surface area (Å²) >= 11 is 0. The maximum absolute atomic E-state index is 9.36. The lowest BCUT2D eigenvalue weighted by Gasteiger charge is -2.18. The Morgan fingerprint density at radius 1 is 1.20 bits per heavy atom. The first-order chi connectivity index (χ1) is 9.88. The Morgan fingerprint density at radius 3 is 3.00 bits per heavy atom. The Labute approximate surface area is 120 Å². The average molecular weight is 270 g/mol. The molecule has 1 heterocycles. The summed E-state index contributed by atoms with van der Waals surface area (Å²) in [6, 6.07) is 8.45. The molecule has 2 N–H and O–H groups in total. The minimum absolute atomic E-state index is 0.340. The maximum atomic E-state index is 9.36. The van der Waals surface area contributed by atoms with E-state index in [0.29, 0.717) is 18.4 Å². The number of aliphatic hydroxyl groups is 1. The summed E-state index contributed by atoms with van der Waals surface area (Å²) in [5.74, 6) is 1.14. The van der Waals surface area contributed by atoms with Gasteiger partial charge < -0.3 is 10.4 Å². The molecule has 3 rings (SSSR count). The van der Waals surface area contributed by atoms with Crippen molar-refractivity contribution in [1.82, 2.24) is 10.3 Å². The van der Waals surface area contributed by atoms with Gasteiger partial charge in [0.1, 0.15) is 0 Å². The molecule has 1 aromatic carbocycles. The highest BCUT2D eigenvalue weighted by atomic mass is 16.3. The summed E-state index contributed by atoms with van der Waals surface area (Å²) in [5, 5.41) is 15.4. The van der Waals surface area contributed by atoms with Gasteiger partial charge in [-0.05, 0) is 48.2 Å². The predicted octanol–water partition coefficient (Wildman–Crippen LogP) is 2.73. The maximum Gasteiger partial charge on any atom is 0.0462 e. The summed E-state index contributed by atoms with van der Waals surface area (Å²) < 4.78 is 0. The molecule has 1 aliphatic carbocycles. The third kappa shape index (κ3) is 2.84. The molecule has 0 spiro atoms. The van der Waals surface area contributed by atoms with Crippen molar-refractivity contribution < 1.29 is 5.11 Å². The summed E-state index contributed by atoms with van der Waals surface area (Å²) in [4.78, 5) is 4.17. The van der Waals surface area contributed by atoms with Crippen LogP contribution < -0.4 is 5.32 Å². The number of benzene rings is 1. The zero-order valence-corrected chi connectivity index (χ0v) is 11.8. The molecule has 2 atom stereocenters. The average Bonchev–Trinajstić information content (AvgIpc) is 2.95. The Bertz CT molecular complexity index is 564. The summed E-state index contributed by atoms with van der Waals surface area (Å²) in [6.07, 6.45) is 7.46. The number of aliphatic hydroxyl groups excluding tert-OH is 1. The van der Waals surface area contributed by atoms with E-state index in [9.17, 15) is 5.11 Å². The first-order valence-electron chi connectivity index (χ1n) is 7.51. The van der Waals surface area contributed by atoms with Crippen LogP contribution in [0.2, 0.25) is 0 Å². The van der Waals surface area contributed by atoms with Crippen molar-refractivity contribution in [2.75, 3.05) is 13.2 Å². The second-order valence-electron chi connectivity index (χ2n) is 5.78. The van der Waals surface area contributed by atoms with Gasteiger partial charge in [-0.3, -0.25) is 4.98 Å². The molecule has 1 fully saturated rings. The highest BCUT2D eigenvalue weighted by Gasteiger charge is 2.25. The molecule has 1 saturated carbocycles. The van der Waals surface area contributed by atoms with Crippen LogP contribution in [0.25, 0.3) is 10.8 Å². The van der Waals surface area contributed by atoms with Gasteiger partial charge in [0.15, 0.2) is 0 Å². The first kappa shape index (κ1) is 13.5. The van der Waals surface area contributed by atoms with Crippen LogP contribution in [0.5, 0.6) is 0 Å². The van der Waals surface area contributed by atoms with E-state index in [1.807, 2.05) is 12.4 Å². The van der Waals surface area contributed by atoms with Crippen LogP contribution in [0.15, 0.2) is 36.7 Å². The molecule has 106 valence electrons. The number of hydrogen-bond donors (Lipinski definition) is 2. The van der Waals surface area contributed by atoms with Gasteiger partial charge in [-0.2, -0.15) is 0 Å². The van der Waals surface area contributed by atoms with Crippen molar-refractivity contribution >= 4 is 10.8 Å². The third-order valence-electron chi connectivity index (χ3n) is 4.54. The van der Waals surface area contributed by atoms with Gasteiger partial charge in [-0.25, -0.2) is 0 Å². The fraction of sp³-hybridized carbons (Fsp3) is 0.471. The fourth-order valence-electron chi connectivity index (χ4n) is 3.36. The third-order valence-corrected chi connectivity index (χ3v) is 4.54. The lowest BCUT2D eigenvalue weighted by Crippen LogP contribution is -2.26. The molecule has 20 heavy (non-hydrogen) atoms. The second-order valence-corrected chi connectivity index (χ2v) is 5.78. The normalized spacial score (nSPS) is 22.4. The molecule has 3 heteroatoms. The van der Waals surface area contributed by atoms with Gasteiger partial charge in [0.05, 0.1) is 0 Å². The smallest absolute Gasteiger partial charge is 0.0462 e. The molecule has 0 radical (unpaired) electrons. The SMILES string of the molecule is OCC1CCCC1CNCc1cccc2cnccc12. The van der Waals surface area contributed by atoms with Crippen LogP contribution in [-0.2, 0) is 6.54 Å². The zero-order valence-electron chi connectivity index (χ0n) is 11.8. The van der Waals surface area contributed by atoms with Crippen LogP contribution in [0.3, 0.4) is 0 Å². The van der Waals surface area contributed by atoms with E-state index < -0.39 is 0 Å². The number of fused-ring (bicyclic) bond motifs is 1. The predicted molar refractivity (Wildman–Crippen MR) is 81.4 cm³/mol. The van der Waals surface area contributed by atoms with Crippen LogP contribution in [0, 0.1) is 11.8 Å². The molecular formula is C17H22N2O.